The number of fused-ring (bicyclic) bond motifs is 4. The first-order valence-electron chi connectivity index (χ1n) is 18.8. The lowest BCUT2D eigenvalue weighted by atomic mass is 10.0. The molecule has 2 heterocycles. The highest BCUT2D eigenvalue weighted by Crippen LogP contribution is 2.68. The fourth-order valence-corrected chi connectivity index (χ4v) is 8.81. The molecular formula is C42H35ClF6N8O3S. The molecular weight excluding hydrogens is 846 g/mol. The molecule has 0 bridgehead atoms. The van der Waals surface area contributed by atoms with Gasteiger partial charge < -0.3 is 20.1 Å². The number of halogens is 7. The van der Waals surface area contributed by atoms with E-state index >= 15 is 8.78 Å². The average Bonchev–Trinajstić information content (AvgIpc) is 3.88. The lowest BCUT2D eigenvalue weighted by Gasteiger charge is -2.25. The molecule has 61 heavy (non-hydrogen) atoms. The van der Waals surface area contributed by atoms with Crippen LogP contribution in [0.2, 0.25) is 5.02 Å². The maximum Gasteiger partial charge on any atom is 0.293 e. The third kappa shape index (κ3) is 7.45. The molecule has 4 aromatic carbocycles. The van der Waals surface area contributed by atoms with Crippen molar-refractivity contribution in [2.75, 3.05) is 25.7 Å². The molecule has 11 nitrogen and oxygen atoms in total. The van der Waals surface area contributed by atoms with Crippen molar-refractivity contribution in [1.82, 2.24) is 29.4 Å². The maximum atomic E-state index is 15.5. The van der Waals surface area contributed by atoms with Gasteiger partial charge in [0.1, 0.15) is 47.0 Å². The molecule has 0 radical (unpaired) electrons. The summed E-state index contributed by atoms with van der Waals surface area (Å²) >= 11 is 7.75. The molecule has 1 fully saturated rings. The SMILES string of the molecule is CNc1c(-n2c(C(Cc3cc(F)cc(F)c3)NC(=O)Cn3nc(C(F)F)c4c3C(F)(F)[C@@H]3CC43)nc3cc(-c4ccccc4OC)ccc3c2=O)ccc(Cl)c1C(=N)NSC. The summed E-state index contributed by atoms with van der Waals surface area (Å²) in [5.41, 5.74) is -0.682. The molecule has 3 atom stereocenters. The molecule has 19 heteroatoms. The highest BCUT2D eigenvalue weighted by Gasteiger charge is 2.67. The summed E-state index contributed by atoms with van der Waals surface area (Å²) in [7, 11) is 3.04. The van der Waals surface area contributed by atoms with Gasteiger partial charge in [-0.15, -0.1) is 0 Å². The summed E-state index contributed by atoms with van der Waals surface area (Å²) in [6, 6.07) is 16.2. The molecule has 2 aliphatic carbocycles. The van der Waals surface area contributed by atoms with E-state index in [1.807, 2.05) is 0 Å². The van der Waals surface area contributed by atoms with Gasteiger partial charge in [0.25, 0.3) is 17.9 Å². The lowest BCUT2D eigenvalue weighted by molar-refractivity contribution is -0.123. The van der Waals surface area contributed by atoms with E-state index in [1.165, 1.54) is 26.3 Å². The Balaban J connectivity index is 1.34. The molecule has 2 aromatic heterocycles. The molecule has 8 rings (SSSR count). The topological polar surface area (TPSA) is 139 Å². The molecule has 0 aliphatic heterocycles. The first-order chi connectivity index (χ1) is 29.2. The van der Waals surface area contributed by atoms with Crippen LogP contribution in [0.15, 0.2) is 77.6 Å². The molecule has 0 saturated heterocycles. The minimum Gasteiger partial charge on any atom is -0.496 e. The number of rotatable bonds is 13. The number of nitrogens with zero attached hydrogens (tertiary/aromatic N) is 4. The van der Waals surface area contributed by atoms with Crippen molar-refractivity contribution in [2.45, 2.75) is 43.7 Å². The number of ether oxygens (including phenoxy) is 1. The van der Waals surface area contributed by atoms with E-state index in [-0.39, 0.29) is 62.1 Å². The number of methoxy groups -OCH3 is 1. The van der Waals surface area contributed by atoms with Gasteiger partial charge in [-0.2, -0.15) is 13.9 Å². The molecule has 316 valence electrons. The number of amides is 1. The molecule has 4 N–H and O–H groups in total. The Bertz CT molecular complexity index is 2800. The van der Waals surface area contributed by atoms with Gasteiger partial charge in [0.15, 0.2) is 0 Å². The van der Waals surface area contributed by atoms with Crippen LogP contribution in [0.1, 0.15) is 58.7 Å². The second kappa shape index (κ2) is 16.1. The fourth-order valence-electron chi connectivity index (χ4n) is 8.25. The predicted octanol–water partition coefficient (Wildman–Crippen LogP) is 8.67. The molecule has 2 unspecified atom stereocenters. The van der Waals surface area contributed by atoms with E-state index in [0.717, 1.165) is 28.6 Å². The number of carbonyl (C=O) groups is 1. The van der Waals surface area contributed by atoms with E-state index in [1.54, 1.807) is 48.7 Å². The molecule has 6 aromatic rings. The summed E-state index contributed by atoms with van der Waals surface area (Å²) < 4.78 is 99.0. The smallest absolute Gasteiger partial charge is 0.293 e. The van der Waals surface area contributed by atoms with Crippen LogP contribution >= 0.6 is 23.5 Å². The Hall–Kier alpha value is -6.01. The Morgan fingerprint density at radius 1 is 1.08 bits per heavy atom. The number of carbonyl (C=O) groups excluding carboxylic acids is 1. The van der Waals surface area contributed by atoms with E-state index in [2.05, 4.69) is 20.5 Å². The van der Waals surface area contributed by atoms with E-state index < -0.39 is 77.7 Å². The van der Waals surface area contributed by atoms with Crippen molar-refractivity contribution in [3.05, 3.63) is 134 Å². The van der Waals surface area contributed by atoms with Crippen molar-refractivity contribution >= 4 is 51.9 Å². The second-order valence-electron chi connectivity index (χ2n) is 14.6. The van der Waals surface area contributed by atoms with Crippen LogP contribution in [0.3, 0.4) is 0 Å². The molecule has 1 amide bonds. The van der Waals surface area contributed by atoms with Crippen LogP contribution in [0.25, 0.3) is 27.7 Å². The summed E-state index contributed by atoms with van der Waals surface area (Å²) in [5.74, 6) is -8.21. The van der Waals surface area contributed by atoms with Gasteiger partial charge in [-0.25, -0.2) is 22.5 Å². The highest BCUT2D eigenvalue weighted by atomic mass is 35.5. The quantitative estimate of drug-likeness (QED) is 0.0392. The third-order valence-corrected chi connectivity index (χ3v) is 11.6. The molecule has 1 saturated carbocycles. The zero-order chi connectivity index (χ0) is 43.5. The minimum atomic E-state index is -3.52. The van der Waals surface area contributed by atoms with Gasteiger partial charge in [-0.05, 0) is 65.9 Å². The summed E-state index contributed by atoms with van der Waals surface area (Å²) in [6.07, 6.45) is -1.89. The van der Waals surface area contributed by atoms with Gasteiger partial charge in [0.2, 0.25) is 5.91 Å². The number of aromatic nitrogens is 4. The number of amidine groups is 1. The number of anilines is 1. The van der Waals surface area contributed by atoms with Crippen LogP contribution in [0, 0.1) is 23.0 Å². The number of alkyl halides is 4. The second-order valence-corrected chi connectivity index (χ2v) is 15.6. The van der Waals surface area contributed by atoms with Crippen LogP contribution in [0.5, 0.6) is 5.75 Å². The van der Waals surface area contributed by atoms with Gasteiger partial charge in [0.05, 0.1) is 46.0 Å². The number of hydrogen-bond acceptors (Lipinski definition) is 8. The summed E-state index contributed by atoms with van der Waals surface area (Å²) in [5, 5.41) is 18.5. The molecule has 0 spiro atoms. The molecule has 2 aliphatic rings. The van der Waals surface area contributed by atoms with Crippen LogP contribution in [0.4, 0.5) is 32.0 Å². The normalized spacial score (nSPS) is 16.6. The van der Waals surface area contributed by atoms with Crippen molar-refractivity contribution in [3.8, 4) is 22.6 Å². The number of para-hydroxylation sites is 1. The number of hydrogen-bond donors (Lipinski definition) is 4. The first-order valence-corrected chi connectivity index (χ1v) is 20.4. The Morgan fingerprint density at radius 3 is 2.51 bits per heavy atom. The first kappa shape index (κ1) is 41.7. The van der Waals surface area contributed by atoms with Crippen LogP contribution < -0.4 is 25.7 Å². The summed E-state index contributed by atoms with van der Waals surface area (Å²) in [6.45, 7) is -0.946. The largest absolute Gasteiger partial charge is 0.496 e. The lowest BCUT2D eigenvalue weighted by Crippen LogP contribution is -2.38. The zero-order valence-electron chi connectivity index (χ0n) is 32.4. The highest BCUT2D eigenvalue weighted by molar-refractivity contribution is 7.97. The van der Waals surface area contributed by atoms with Crippen molar-refractivity contribution in [1.29, 1.82) is 5.41 Å². The van der Waals surface area contributed by atoms with Crippen molar-refractivity contribution in [2.24, 2.45) is 5.92 Å². The van der Waals surface area contributed by atoms with Crippen molar-refractivity contribution < 1.29 is 35.9 Å². The average molecular weight is 881 g/mol. The van der Waals surface area contributed by atoms with Gasteiger partial charge >= 0.3 is 0 Å². The Labute approximate surface area is 353 Å². The van der Waals surface area contributed by atoms with Gasteiger partial charge in [0, 0.05) is 42.8 Å². The van der Waals surface area contributed by atoms with Gasteiger partial charge in [-0.3, -0.25) is 24.2 Å². The van der Waals surface area contributed by atoms with Crippen molar-refractivity contribution in [3.63, 3.8) is 0 Å². The Morgan fingerprint density at radius 2 is 1.82 bits per heavy atom. The van der Waals surface area contributed by atoms with E-state index in [4.69, 9.17) is 26.7 Å². The van der Waals surface area contributed by atoms with Crippen LogP contribution in [-0.2, 0) is 23.7 Å². The fraction of sp³-hybridized carbons (Fsp3) is 0.262. The van der Waals surface area contributed by atoms with Gasteiger partial charge in [-0.1, -0.05) is 47.8 Å². The number of nitrogens with one attached hydrogen (secondary N) is 4. The Kier molecular flexibility index (Phi) is 11.0. The van der Waals surface area contributed by atoms with E-state index in [0.29, 0.717) is 27.6 Å². The standard InChI is InChI=1S/C42H35ClF6N8O3S/c1-51-35-30(11-10-27(43)34(35)39(50)55-61-3)57-40(53-28-15-20(8-9-24(28)41(57)59)23-6-4-5-7-31(23)60-2)29(14-19-12-21(44)16-22(45)13-19)52-32(58)18-56-37-33(36(54-56)38(46)47)25-17-26(25)42(37,48)49/h4-13,15-16,25-26,29,38,51H,14,17-18H2,1-3H3,(H2,50,55)(H,52,58)/t25?,26-,29?/m1/s1. The van der Waals surface area contributed by atoms with Crippen LogP contribution in [-0.4, -0.2) is 51.5 Å². The number of benzene rings is 4. The predicted molar refractivity (Wildman–Crippen MR) is 220 cm³/mol. The summed E-state index contributed by atoms with van der Waals surface area (Å²) in [4.78, 5) is 34.1. The minimum absolute atomic E-state index is 0.00893. The maximum absolute atomic E-state index is 15.5. The third-order valence-electron chi connectivity index (χ3n) is 10.9. The zero-order valence-corrected chi connectivity index (χ0v) is 34.0. The monoisotopic (exact) mass is 880 g/mol. The van der Waals surface area contributed by atoms with E-state index in [9.17, 15) is 27.2 Å².